The average molecular weight is 240 g/mol. The lowest BCUT2D eigenvalue weighted by Crippen LogP contribution is -2.00. The van der Waals surface area contributed by atoms with E-state index in [1.807, 2.05) is 13.0 Å². The molecule has 0 spiro atoms. The summed E-state index contributed by atoms with van der Waals surface area (Å²) in [5, 5.41) is 8.80. The number of hydrogen-bond donors (Lipinski definition) is 1. The normalized spacial score (nSPS) is 9.78. The van der Waals surface area contributed by atoms with Gasteiger partial charge in [0.2, 0.25) is 5.88 Å². The molecule has 0 aliphatic carbocycles. The third-order valence-electron chi connectivity index (χ3n) is 2.27. The Hall–Kier alpha value is -2.61. The third kappa shape index (κ3) is 2.74. The number of nitriles is 1. The van der Waals surface area contributed by atoms with E-state index in [4.69, 9.17) is 15.7 Å². The summed E-state index contributed by atoms with van der Waals surface area (Å²) in [5.74, 6) is 1.93. The second-order valence-corrected chi connectivity index (χ2v) is 3.64. The lowest BCUT2D eigenvalue weighted by molar-refractivity contribution is 0.459. The van der Waals surface area contributed by atoms with Crippen molar-refractivity contribution in [2.45, 2.75) is 13.3 Å². The maximum absolute atomic E-state index is 8.80. The molecule has 0 atom stereocenters. The fraction of sp³-hybridized carbons (Fsp3) is 0.154. The predicted molar refractivity (Wildman–Crippen MR) is 67.1 cm³/mol. The van der Waals surface area contributed by atoms with E-state index in [0.29, 0.717) is 35.3 Å². The molecular weight excluding hydrogens is 228 g/mol. The van der Waals surface area contributed by atoms with Crippen molar-refractivity contribution in [1.82, 2.24) is 9.97 Å². The van der Waals surface area contributed by atoms with Gasteiger partial charge in [0.15, 0.2) is 0 Å². The Labute approximate surface area is 105 Å². The molecule has 5 heteroatoms. The fourth-order valence-corrected chi connectivity index (χ4v) is 1.45. The molecule has 1 aromatic heterocycles. The zero-order valence-electron chi connectivity index (χ0n) is 9.92. The standard InChI is InChI=1S/C13H12N4O/c1-2-12-16-11(15)7-13(17-12)18-10-5-3-4-9(6-10)8-14/h3-7H,2H2,1H3,(H2,15,16,17). The highest BCUT2D eigenvalue weighted by Gasteiger charge is 2.04. The molecule has 2 rings (SSSR count). The topological polar surface area (TPSA) is 84.8 Å². The zero-order chi connectivity index (χ0) is 13.0. The van der Waals surface area contributed by atoms with Crippen LogP contribution in [0, 0.1) is 11.3 Å². The monoisotopic (exact) mass is 240 g/mol. The first-order valence-corrected chi connectivity index (χ1v) is 5.52. The van der Waals surface area contributed by atoms with Crippen LogP contribution in [0.1, 0.15) is 18.3 Å². The van der Waals surface area contributed by atoms with Crippen LogP contribution in [0.2, 0.25) is 0 Å². The van der Waals surface area contributed by atoms with Gasteiger partial charge >= 0.3 is 0 Å². The van der Waals surface area contributed by atoms with Crippen molar-refractivity contribution in [3.05, 3.63) is 41.7 Å². The van der Waals surface area contributed by atoms with Gasteiger partial charge in [-0.05, 0) is 18.2 Å². The number of nitrogens with two attached hydrogens (primary N) is 1. The maximum atomic E-state index is 8.80. The van der Waals surface area contributed by atoms with Crippen molar-refractivity contribution in [3.8, 4) is 17.7 Å². The molecule has 18 heavy (non-hydrogen) atoms. The van der Waals surface area contributed by atoms with Gasteiger partial charge in [-0.25, -0.2) is 4.98 Å². The Balaban J connectivity index is 2.28. The Kier molecular flexibility index (Phi) is 3.39. The summed E-state index contributed by atoms with van der Waals surface area (Å²) >= 11 is 0. The van der Waals surface area contributed by atoms with Gasteiger partial charge in [0.05, 0.1) is 11.6 Å². The Bertz CT molecular complexity index is 604. The summed E-state index contributed by atoms with van der Waals surface area (Å²) in [5.41, 5.74) is 6.19. The lowest BCUT2D eigenvalue weighted by atomic mass is 10.2. The average Bonchev–Trinajstić information content (AvgIpc) is 2.38. The Morgan fingerprint density at radius 1 is 1.33 bits per heavy atom. The van der Waals surface area contributed by atoms with Gasteiger partial charge in [-0.1, -0.05) is 13.0 Å². The number of benzene rings is 1. The summed E-state index contributed by atoms with van der Waals surface area (Å²) in [7, 11) is 0. The number of nitrogens with zero attached hydrogens (tertiary/aromatic N) is 3. The van der Waals surface area contributed by atoms with E-state index < -0.39 is 0 Å². The van der Waals surface area contributed by atoms with E-state index in [2.05, 4.69) is 9.97 Å². The highest BCUT2D eigenvalue weighted by molar-refractivity contribution is 5.39. The molecule has 0 saturated heterocycles. The summed E-state index contributed by atoms with van der Waals surface area (Å²) in [4.78, 5) is 8.27. The molecule has 2 N–H and O–H groups in total. The molecule has 0 bridgehead atoms. The molecule has 1 heterocycles. The number of ether oxygens (including phenoxy) is 1. The van der Waals surface area contributed by atoms with E-state index in [-0.39, 0.29) is 0 Å². The molecule has 0 amide bonds. The fourth-order valence-electron chi connectivity index (χ4n) is 1.45. The van der Waals surface area contributed by atoms with Crippen LogP contribution in [0.15, 0.2) is 30.3 Å². The smallest absolute Gasteiger partial charge is 0.224 e. The van der Waals surface area contributed by atoms with Gasteiger partial charge in [-0.2, -0.15) is 10.2 Å². The quantitative estimate of drug-likeness (QED) is 0.889. The molecule has 0 fully saturated rings. The molecule has 0 unspecified atom stereocenters. The maximum Gasteiger partial charge on any atom is 0.224 e. The summed E-state index contributed by atoms with van der Waals surface area (Å²) in [6.45, 7) is 1.94. The minimum Gasteiger partial charge on any atom is -0.439 e. The van der Waals surface area contributed by atoms with Crippen molar-refractivity contribution >= 4 is 5.82 Å². The lowest BCUT2D eigenvalue weighted by Gasteiger charge is -2.06. The Morgan fingerprint density at radius 2 is 2.17 bits per heavy atom. The van der Waals surface area contributed by atoms with Crippen LogP contribution in [0.4, 0.5) is 5.82 Å². The molecule has 5 nitrogen and oxygen atoms in total. The van der Waals surface area contributed by atoms with E-state index >= 15 is 0 Å². The summed E-state index contributed by atoms with van der Waals surface area (Å²) < 4.78 is 5.56. The third-order valence-corrected chi connectivity index (χ3v) is 2.27. The minimum atomic E-state index is 0.369. The summed E-state index contributed by atoms with van der Waals surface area (Å²) in [6.07, 6.45) is 0.680. The second-order valence-electron chi connectivity index (χ2n) is 3.64. The number of aryl methyl sites for hydroxylation is 1. The van der Waals surface area contributed by atoms with Crippen molar-refractivity contribution in [1.29, 1.82) is 5.26 Å². The summed E-state index contributed by atoms with van der Waals surface area (Å²) in [6, 6.07) is 10.5. The second kappa shape index (κ2) is 5.15. The van der Waals surface area contributed by atoms with Gasteiger partial charge in [0.1, 0.15) is 17.4 Å². The molecule has 90 valence electrons. The predicted octanol–water partition coefficient (Wildman–Crippen LogP) is 2.29. The molecular formula is C13H12N4O. The Morgan fingerprint density at radius 3 is 2.89 bits per heavy atom. The zero-order valence-corrected chi connectivity index (χ0v) is 9.92. The van der Waals surface area contributed by atoms with Crippen molar-refractivity contribution < 1.29 is 4.74 Å². The minimum absolute atomic E-state index is 0.369. The number of aromatic nitrogens is 2. The van der Waals surface area contributed by atoms with Crippen LogP contribution in [-0.4, -0.2) is 9.97 Å². The first kappa shape index (κ1) is 11.9. The van der Waals surface area contributed by atoms with Crippen LogP contribution >= 0.6 is 0 Å². The molecule has 0 aliphatic rings. The first-order chi connectivity index (χ1) is 8.71. The van der Waals surface area contributed by atoms with Crippen molar-refractivity contribution in [3.63, 3.8) is 0 Å². The molecule has 0 radical (unpaired) electrons. The molecule has 1 aromatic carbocycles. The highest BCUT2D eigenvalue weighted by Crippen LogP contribution is 2.21. The van der Waals surface area contributed by atoms with E-state index in [9.17, 15) is 0 Å². The van der Waals surface area contributed by atoms with E-state index in [1.54, 1.807) is 30.3 Å². The van der Waals surface area contributed by atoms with Crippen LogP contribution in [-0.2, 0) is 6.42 Å². The van der Waals surface area contributed by atoms with Gasteiger partial charge in [-0.15, -0.1) is 0 Å². The van der Waals surface area contributed by atoms with Crippen LogP contribution < -0.4 is 10.5 Å². The van der Waals surface area contributed by atoms with E-state index in [0.717, 1.165) is 0 Å². The molecule has 0 saturated carbocycles. The largest absolute Gasteiger partial charge is 0.439 e. The number of anilines is 1. The first-order valence-electron chi connectivity index (χ1n) is 5.52. The van der Waals surface area contributed by atoms with Gasteiger partial charge in [0, 0.05) is 12.5 Å². The van der Waals surface area contributed by atoms with Crippen LogP contribution in [0.3, 0.4) is 0 Å². The van der Waals surface area contributed by atoms with Gasteiger partial charge < -0.3 is 10.5 Å². The van der Waals surface area contributed by atoms with E-state index in [1.165, 1.54) is 0 Å². The number of nitrogen functional groups attached to an aromatic ring is 1. The van der Waals surface area contributed by atoms with Crippen molar-refractivity contribution in [2.24, 2.45) is 0 Å². The highest BCUT2D eigenvalue weighted by atomic mass is 16.5. The van der Waals surface area contributed by atoms with Gasteiger partial charge in [0.25, 0.3) is 0 Å². The number of rotatable bonds is 3. The van der Waals surface area contributed by atoms with Crippen molar-refractivity contribution in [2.75, 3.05) is 5.73 Å². The van der Waals surface area contributed by atoms with Crippen LogP contribution in [0.5, 0.6) is 11.6 Å². The molecule has 2 aromatic rings. The van der Waals surface area contributed by atoms with Crippen LogP contribution in [0.25, 0.3) is 0 Å². The van der Waals surface area contributed by atoms with Gasteiger partial charge in [-0.3, -0.25) is 0 Å². The molecule has 0 aliphatic heterocycles. The number of hydrogen-bond acceptors (Lipinski definition) is 5. The SMILES string of the molecule is CCc1nc(N)cc(Oc2cccc(C#N)c2)n1.